The number of nitrogens with one attached hydrogen (secondary N) is 2. The molecule has 2 aromatic carbocycles. The number of hydrogen-bond donors (Lipinski definition) is 2. The van der Waals surface area contributed by atoms with E-state index in [4.69, 9.17) is 0 Å². The van der Waals surface area contributed by atoms with Crippen LogP contribution < -0.4 is 10.6 Å². The summed E-state index contributed by atoms with van der Waals surface area (Å²) < 4.78 is 0. The first-order valence-corrected chi connectivity index (χ1v) is 8.48. The van der Waals surface area contributed by atoms with Crippen LogP contribution in [-0.2, 0) is 25.7 Å². The van der Waals surface area contributed by atoms with E-state index in [-0.39, 0.29) is 30.3 Å². The number of benzene rings is 2. The minimum Gasteiger partial charge on any atom is -0.412 e. The van der Waals surface area contributed by atoms with Gasteiger partial charge in [-0.3, -0.25) is 0 Å². The van der Waals surface area contributed by atoms with Crippen molar-refractivity contribution in [2.75, 3.05) is 26.2 Å². The summed E-state index contributed by atoms with van der Waals surface area (Å²) in [7, 11) is 0. The first-order chi connectivity index (χ1) is 10.9. The summed E-state index contributed by atoms with van der Waals surface area (Å²) >= 11 is 0. The van der Waals surface area contributed by atoms with Gasteiger partial charge in [-0.1, -0.05) is 48.5 Å². The second-order valence-corrected chi connectivity index (χ2v) is 6.04. The molecule has 4 N–H and O–H groups in total. The fourth-order valence-corrected chi connectivity index (χ4v) is 3.23. The molecule has 0 saturated heterocycles. The lowest BCUT2D eigenvalue weighted by Crippen LogP contribution is -2.16. The van der Waals surface area contributed by atoms with Gasteiger partial charge in [0.25, 0.3) is 0 Å². The van der Waals surface area contributed by atoms with Crippen molar-refractivity contribution in [1.82, 2.24) is 10.6 Å². The molecule has 3 nitrogen and oxygen atoms in total. The van der Waals surface area contributed by atoms with E-state index in [9.17, 15) is 0 Å². The van der Waals surface area contributed by atoms with E-state index in [0.717, 1.165) is 26.2 Å². The van der Waals surface area contributed by atoms with Gasteiger partial charge in [0.15, 0.2) is 0 Å². The van der Waals surface area contributed by atoms with Crippen LogP contribution in [-0.4, -0.2) is 31.7 Å². The predicted octanol–water partition coefficient (Wildman–Crippen LogP) is 2.77. The molecule has 0 unspecified atom stereocenters. The molecule has 0 amide bonds. The highest BCUT2D eigenvalue weighted by Gasteiger charge is 2.05. The van der Waals surface area contributed by atoms with Crippen LogP contribution in [0, 0.1) is 0 Å². The molecular formula is C20H30Cl2N2O. The second kappa shape index (κ2) is 13.2. The topological polar surface area (TPSA) is 55.6 Å². The second-order valence-electron chi connectivity index (χ2n) is 6.04. The van der Waals surface area contributed by atoms with Crippen LogP contribution >= 0.6 is 24.8 Å². The molecule has 0 radical (unpaired) electrons. The normalized spacial score (nSPS) is 15.0. The van der Waals surface area contributed by atoms with Crippen molar-refractivity contribution < 1.29 is 5.48 Å². The summed E-state index contributed by atoms with van der Waals surface area (Å²) in [6.07, 6.45) is 4.76. The average molecular weight is 385 g/mol. The minimum atomic E-state index is 0. The van der Waals surface area contributed by atoms with Crippen LogP contribution in [0.25, 0.3) is 0 Å². The molecule has 0 fully saturated rings. The fraction of sp³-hybridized carbons (Fsp3) is 0.400. The Morgan fingerprint density at radius 1 is 0.480 bits per heavy atom. The first-order valence-electron chi connectivity index (χ1n) is 8.48. The van der Waals surface area contributed by atoms with E-state index in [1.165, 1.54) is 47.9 Å². The highest BCUT2D eigenvalue weighted by atomic mass is 35.5. The number of fused-ring (bicyclic) bond motifs is 2. The van der Waals surface area contributed by atoms with E-state index < -0.39 is 0 Å². The highest BCUT2D eigenvalue weighted by Crippen LogP contribution is 2.12. The molecule has 0 saturated carbocycles. The summed E-state index contributed by atoms with van der Waals surface area (Å²) in [5.41, 5.74) is 6.10. The largest absolute Gasteiger partial charge is 0.412 e. The maximum Gasteiger partial charge on any atom is -0.000812 e. The van der Waals surface area contributed by atoms with Crippen molar-refractivity contribution in [2.24, 2.45) is 0 Å². The van der Waals surface area contributed by atoms with Crippen LogP contribution in [0.5, 0.6) is 0 Å². The Morgan fingerprint density at radius 2 is 0.720 bits per heavy atom. The third-order valence-corrected chi connectivity index (χ3v) is 4.52. The maximum atomic E-state index is 3.39. The summed E-state index contributed by atoms with van der Waals surface area (Å²) in [4.78, 5) is 0. The van der Waals surface area contributed by atoms with Crippen molar-refractivity contribution in [1.29, 1.82) is 0 Å². The van der Waals surface area contributed by atoms with E-state index >= 15 is 0 Å². The van der Waals surface area contributed by atoms with E-state index in [1.807, 2.05) is 0 Å². The summed E-state index contributed by atoms with van der Waals surface area (Å²) in [6, 6.07) is 17.5. The Morgan fingerprint density at radius 3 is 0.960 bits per heavy atom. The Hall–Kier alpha value is -1.10. The summed E-state index contributed by atoms with van der Waals surface area (Å²) in [6.45, 7) is 4.54. The summed E-state index contributed by atoms with van der Waals surface area (Å²) in [5, 5.41) is 6.79. The van der Waals surface area contributed by atoms with Gasteiger partial charge >= 0.3 is 0 Å². The standard InChI is InChI=1S/2C10H13N.2ClH.H2O/c2*1-2-4-10-6-8-11-7-5-9(10)3-1;;;/h2*1-4,11H,5-8H2;2*1H;1H2. The van der Waals surface area contributed by atoms with Crippen LogP contribution in [0.15, 0.2) is 48.5 Å². The third-order valence-electron chi connectivity index (χ3n) is 4.52. The third kappa shape index (κ3) is 7.35. The van der Waals surface area contributed by atoms with Crippen LogP contribution in [0.3, 0.4) is 0 Å². The molecule has 0 bridgehead atoms. The van der Waals surface area contributed by atoms with Gasteiger partial charge in [-0.25, -0.2) is 0 Å². The lowest BCUT2D eigenvalue weighted by Gasteiger charge is -2.01. The fourth-order valence-electron chi connectivity index (χ4n) is 3.23. The molecule has 0 spiro atoms. The monoisotopic (exact) mass is 384 g/mol. The zero-order valence-electron chi connectivity index (χ0n) is 14.6. The van der Waals surface area contributed by atoms with Crippen molar-refractivity contribution in [3.8, 4) is 0 Å². The van der Waals surface area contributed by atoms with Gasteiger partial charge in [0.05, 0.1) is 0 Å². The molecule has 0 aliphatic carbocycles. The number of hydrogen-bond acceptors (Lipinski definition) is 2. The van der Waals surface area contributed by atoms with Gasteiger partial charge in [0.1, 0.15) is 0 Å². The molecule has 25 heavy (non-hydrogen) atoms. The molecular weight excluding hydrogens is 355 g/mol. The lowest BCUT2D eigenvalue weighted by molar-refractivity contribution is 0.711. The molecule has 2 heterocycles. The quantitative estimate of drug-likeness (QED) is 0.733. The van der Waals surface area contributed by atoms with E-state index in [1.54, 1.807) is 0 Å². The maximum absolute atomic E-state index is 3.39. The van der Waals surface area contributed by atoms with Crippen LogP contribution in [0.1, 0.15) is 22.3 Å². The molecule has 4 rings (SSSR count). The van der Waals surface area contributed by atoms with Crippen LogP contribution in [0.2, 0.25) is 0 Å². The average Bonchev–Trinajstić information content (AvgIpc) is 2.95. The van der Waals surface area contributed by atoms with Crippen molar-refractivity contribution in [2.45, 2.75) is 25.7 Å². The number of halogens is 2. The Bertz CT molecular complexity index is 504. The van der Waals surface area contributed by atoms with Crippen molar-refractivity contribution >= 4 is 24.8 Å². The Kier molecular flexibility index (Phi) is 12.6. The van der Waals surface area contributed by atoms with Crippen LogP contribution in [0.4, 0.5) is 0 Å². The van der Waals surface area contributed by atoms with Gasteiger partial charge in [0, 0.05) is 0 Å². The van der Waals surface area contributed by atoms with Crippen molar-refractivity contribution in [3.05, 3.63) is 70.8 Å². The van der Waals surface area contributed by atoms with E-state index in [2.05, 4.69) is 59.2 Å². The first kappa shape index (κ1) is 23.9. The van der Waals surface area contributed by atoms with Gasteiger partial charge in [-0.2, -0.15) is 0 Å². The van der Waals surface area contributed by atoms with Crippen molar-refractivity contribution in [3.63, 3.8) is 0 Å². The SMILES string of the molecule is Cl.Cl.O.c1ccc2c(c1)CCNCC2.c1ccc2c(c1)CCNCC2. The molecule has 2 aromatic rings. The zero-order valence-corrected chi connectivity index (χ0v) is 16.2. The molecule has 140 valence electrons. The molecule has 5 heteroatoms. The number of rotatable bonds is 0. The predicted molar refractivity (Wildman–Crippen MR) is 112 cm³/mol. The van der Waals surface area contributed by atoms with E-state index in [0.29, 0.717) is 0 Å². The lowest BCUT2D eigenvalue weighted by atomic mass is 10.0. The zero-order chi connectivity index (χ0) is 15.0. The molecule has 2 aliphatic heterocycles. The van der Waals surface area contributed by atoms with Gasteiger partial charge < -0.3 is 16.1 Å². The molecule has 0 aromatic heterocycles. The Labute approximate surface area is 163 Å². The molecule has 0 atom stereocenters. The van der Waals surface area contributed by atoms with Gasteiger partial charge in [-0.05, 0) is 74.1 Å². The summed E-state index contributed by atoms with van der Waals surface area (Å²) in [5.74, 6) is 0. The molecule has 2 aliphatic rings. The van der Waals surface area contributed by atoms with Gasteiger partial charge in [-0.15, -0.1) is 24.8 Å². The van der Waals surface area contributed by atoms with Gasteiger partial charge in [0.2, 0.25) is 0 Å². The smallest absolute Gasteiger partial charge is 0.000812 e. The Balaban J connectivity index is 0.000000411. The minimum absolute atomic E-state index is 0. The highest BCUT2D eigenvalue weighted by molar-refractivity contribution is 5.85.